The summed E-state index contributed by atoms with van der Waals surface area (Å²) in [6.07, 6.45) is 2.19. The Balaban J connectivity index is 2.96. The van der Waals surface area contributed by atoms with Crippen LogP contribution in [0, 0.1) is 0 Å². The molecule has 23 heavy (non-hydrogen) atoms. The van der Waals surface area contributed by atoms with Crippen LogP contribution in [0.5, 0.6) is 0 Å². The lowest BCUT2D eigenvalue weighted by Gasteiger charge is -2.16. The second-order valence-corrected chi connectivity index (χ2v) is 5.29. The van der Waals surface area contributed by atoms with E-state index in [1.165, 1.54) is 14.0 Å². The Bertz CT molecular complexity index is 619. The van der Waals surface area contributed by atoms with Crippen LogP contribution >= 0.6 is 0 Å². The van der Waals surface area contributed by atoms with Crippen molar-refractivity contribution in [2.75, 3.05) is 12.4 Å². The molecule has 0 aliphatic heterocycles. The molecule has 2 amide bonds. The fourth-order valence-electron chi connectivity index (χ4n) is 1.93. The zero-order valence-electron chi connectivity index (χ0n) is 13.8. The van der Waals surface area contributed by atoms with Gasteiger partial charge in [0.15, 0.2) is 0 Å². The van der Waals surface area contributed by atoms with Gasteiger partial charge in [-0.05, 0) is 32.4 Å². The molecule has 1 atom stereocenters. The van der Waals surface area contributed by atoms with Gasteiger partial charge in [-0.2, -0.15) is 0 Å². The molecule has 0 aliphatic rings. The van der Waals surface area contributed by atoms with Crippen molar-refractivity contribution in [3.63, 3.8) is 0 Å². The Morgan fingerprint density at radius 1 is 1.17 bits per heavy atom. The number of esters is 1. The highest BCUT2D eigenvalue weighted by molar-refractivity contribution is 6.04. The van der Waals surface area contributed by atoms with Crippen molar-refractivity contribution in [2.24, 2.45) is 0 Å². The molecule has 1 aromatic rings. The van der Waals surface area contributed by atoms with Gasteiger partial charge in [0.1, 0.15) is 6.04 Å². The number of anilines is 1. The second-order valence-electron chi connectivity index (χ2n) is 5.29. The Hall–Kier alpha value is -2.63. The summed E-state index contributed by atoms with van der Waals surface area (Å²) in [5.74, 6) is -1.25. The first-order chi connectivity index (χ1) is 10.8. The minimum atomic E-state index is -0.784. The summed E-state index contributed by atoms with van der Waals surface area (Å²) in [6.45, 7) is 5.17. The zero-order chi connectivity index (χ0) is 17.4. The summed E-state index contributed by atoms with van der Waals surface area (Å²) < 4.78 is 4.72. The van der Waals surface area contributed by atoms with Crippen molar-refractivity contribution < 1.29 is 19.1 Å². The molecule has 0 aliphatic carbocycles. The molecule has 1 rings (SSSR count). The van der Waals surface area contributed by atoms with Gasteiger partial charge in [-0.15, -0.1) is 0 Å². The third-order valence-corrected chi connectivity index (χ3v) is 3.04. The number of hydrogen-bond donors (Lipinski definition) is 2. The minimum absolute atomic E-state index is 0.278. The van der Waals surface area contributed by atoms with E-state index in [1.54, 1.807) is 24.3 Å². The summed E-state index contributed by atoms with van der Waals surface area (Å²) in [4.78, 5) is 35.5. The van der Waals surface area contributed by atoms with Crippen molar-refractivity contribution in [1.82, 2.24) is 5.32 Å². The van der Waals surface area contributed by atoms with Gasteiger partial charge in [-0.25, -0.2) is 4.79 Å². The molecule has 0 unspecified atom stereocenters. The van der Waals surface area contributed by atoms with Crippen LogP contribution in [0.2, 0.25) is 0 Å². The number of carbonyl (C=O) groups excluding carboxylic acids is 3. The highest BCUT2D eigenvalue weighted by Gasteiger charge is 2.22. The van der Waals surface area contributed by atoms with Crippen molar-refractivity contribution >= 4 is 23.5 Å². The van der Waals surface area contributed by atoms with Crippen molar-refractivity contribution in [1.29, 1.82) is 0 Å². The fraction of sp³-hybridized carbons (Fsp3) is 0.353. The predicted octanol–water partition coefficient (Wildman–Crippen LogP) is 2.27. The van der Waals surface area contributed by atoms with E-state index >= 15 is 0 Å². The van der Waals surface area contributed by atoms with Crippen LogP contribution in [0.15, 0.2) is 35.9 Å². The quantitative estimate of drug-likeness (QED) is 0.622. The van der Waals surface area contributed by atoms with Crippen molar-refractivity contribution in [2.45, 2.75) is 33.2 Å². The minimum Gasteiger partial charge on any atom is -0.467 e. The molecule has 0 heterocycles. The Kier molecular flexibility index (Phi) is 6.99. The maximum Gasteiger partial charge on any atom is 0.328 e. The van der Waals surface area contributed by atoms with Gasteiger partial charge >= 0.3 is 5.97 Å². The topological polar surface area (TPSA) is 84.5 Å². The van der Waals surface area contributed by atoms with Crippen LogP contribution < -0.4 is 10.6 Å². The normalized spacial score (nSPS) is 11.1. The summed E-state index contributed by atoms with van der Waals surface area (Å²) in [5, 5.41) is 5.24. The maximum absolute atomic E-state index is 12.4. The highest BCUT2D eigenvalue weighted by Crippen LogP contribution is 2.15. The number of para-hydroxylation sites is 1. The van der Waals surface area contributed by atoms with E-state index in [0.29, 0.717) is 12.1 Å². The van der Waals surface area contributed by atoms with E-state index in [0.717, 1.165) is 5.57 Å². The number of amides is 2. The van der Waals surface area contributed by atoms with Crippen LogP contribution in [0.1, 0.15) is 37.6 Å². The zero-order valence-corrected chi connectivity index (χ0v) is 13.8. The first kappa shape index (κ1) is 18.4. The Morgan fingerprint density at radius 2 is 1.83 bits per heavy atom. The number of nitrogens with one attached hydrogen (secondary N) is 2. The lowest BCUT2D eigenvalue weighted by atomic mass is 10.1. The van der Waals surface area contributed by atoms with Gasteiger partial charge in [0, 0.05) is 6.92 Å². The monoisotopic (exact) mass is 318 g/mol. The van der Waals surface area contributed by atoms with E-state index < -0.39 is 17.9 Å². The molecule has 0 saturated carbocycles. The molecule has 0 spiro atoms. The summed E-state index contributed by atoms with van der Waals surface area (Å²) in [5.41, 5.74) is 1.71. The van der Waals surface area contributed by atoms with Gasteiger partial charge in [-0.1, -0.05) is 23.8 Å². The van der Waals surface area contributed by atoms with Gasteiger partial charge in [0.05, 0.1) is 18.4 Å². The molecule has 0 aromatic heterocycles. The summed E-state index contributed by atoms with van der Waals surface area (Å²) in [6, 6.07) is 5.81. The SMILES string of the molecule is COC(=O)[C@H](CC=C(C)C)NC(=O)c1ccccc1NC(C)=O. The summed E-state index contributed by atoms with van der Waals surface area (Å²) >= 11 is 0. The fourth-order valence-corrected chi connectivity index (χ4v) is 1.93. The standard InChI is InChI=1S/C17H22N2O4/c1-11(2)9-10-15(17(22)23-4)19-16(21)13-7-5-6-8-14(13)18-12(3)20/h5-9,15H,10H2,1-4H3,(H,18,20)(H,19,21)/t15-/m0/s1. The molecular formula is C17H22N2O4. The lowest BCUT2D eigenvalue weighted by Crippen LogP contribution is -2.41. The van der Waals surface area contributed by atoms with Crippen LogP contribution in [-0.4, -0.2) is 30.9 Å². The van der Waals surface area contributed by atoms with Gasteiger partial charge in [0.25, 0.3) is 5.91 Å². The number of hydrogen-bond acceptors (Lipinski definition) is 4. The predicted molar refractivity (Wildman–Crippen MR) is 88.1 cm³/mol. The number of benzene rings is 1. The van der Waals surface area contributed by atoms with E-state index in [1.807, 2.05) is 19.9 Å². The number of methoxy groups -OCH3 is 1. The molecule has 6 nitrogen and oxygen atoms in total. The molecule has 0 radical (unpaired) electrons. The average molecular weight is 318 g/mol. The van der Waals surface area contributed by atoms with E-state index in [4.69, 9.17) is 4.74 Å². The number of allylic oxidation sites excluding steroid dienone is 1. The first-order valence-electron chi connectivity index (χ1n) is 7.23. The van der Waals surface area contributed by atoms with E-state index in [-0.39, 0.29) is 11.5 Å². The molecule has 0 fully saturated rings. The Labute approximate surface area is 135 Å². The van der Waals surface area contributed by atoms with Crippen molar-refractivity contribution in [3.8, 4) is 0 Å². The van der Waals surface area contributed by atoms with Crippen LogP contribution in [0.3, 0.4) is 0 Å². The van der Waals surface area contributed by atoms with E-state index in [2.05, 4.69) is 10.6 Å². The maximum atomic E-state index is 12.4. The third kappa shape index (κ3) is 5.94. The second kappa shape index (κ2) is 8.73. The van der Waals surface area contributed by atoms with Crippen LogP contribution in [0.25, 0.3) is 0 Å². The van der Waals surface area contributed by atoms with Crippen LogP contribution in [-0.2, 0) is 14.3 Å². The molecule has 2 N–H and O–H groups in total. The number of carbonyl (C=O) groups is 3. The largest absolute Gasteiger partial charge is 0.467 e. The summed E-state index contributed by atoms with van der Waals surface area (Å²) in [7, 11) is 1.27. The molecule has 6 heteroatoms. The molecule has 1 aromatic carbocycles. The smallest absolute Gasteiger partial charge is 0.328 e. The van der Waals surface area contributed by atoms with Gasteiger partial charge < -0.3 is 15.4 Å². The molecule has 0 bridgehead atoms. The lowest BCUT2D eigenvalue weighted by molar-refractivity contribution is -0.142. The molecule has 124 valence electrons. The first-order valence-corrected chi connectivity index (χ1v) is 7.23. The Morgan fingerprint density at radius 3 is 2.39 bits per heavy atom. The van der Waals surface area contributed by atoms with Crippen molar-refractivity contribution in [3.05, 3.63) is 41.5 Å². The van der Waals surface area contributed by atoms with Crippen LogP contribution in [0.4, 0.5) is 5.69 Å². The third-order valence-electron chi connectivity index (χ3n) is 3.04. The van der Waals surface area contributed by atoms with Gasteiger partial charge in [0.2, 0.25) is 5.91 Å². The number of ether oxygens (including phenoxy) is 1. The van der Waals surface area contributed by atoms with E-state index in [9.17, 15) is 14.4 Å². The average Bonchev–Trinajstić information content (AvgIpc) is 2.50. The highest BCUT2D eigenvalue weighted by atomic mass is 16.5. The molecule has 0 saturated heterocycles. The molecular weight excluding hydrogens is 296 g/mol. The number of rotatable bonds is 6. The van der Waals surface area contributed by atoms with Gasteiger partial charge in [-0.3, -0.25) is 9.59 Å².